The molecule has 1 aromatic carbocycles. The van der Waals surface area contributed by atoms with Crippen molar-refractivity contribution >= 4 is 11.6 Å². The summed E-state index contributed by atoms with van der Waals surface area (Å²) in [5.41, 5.74) is 4.21. The Balaban J connectivity index is 1.37. The monoisotopic (exact) mass is 489 g/mol. The van der Waals surface area contributed by atoms with Crippen molar-refractivity contribution in [2.24, 2.45) is 13.0 Å². The molecule has 0 aliphatic heterocycles. The highest BCUT2D eigenvalue weighted by molar-refractivity contribution is 6.31. The lowest BCUT2D eigenvalue weighted by atomic mass is 10.0. The third-order valence-corrected chi connectivity index (χ3v) is 6.67. The average molecular weight is 490 g/mol. The van der Waals surface area contributed by atoms with Crippen molar-refractivity contribution in [3.8, 4) is 28.1 Å². The number of nitrogens with zero attached hydrogens (tertiary/aromatic N) is 9. The van der Waals surface area contributed by atoms with Crippen LogP contribution in [0.25, 0.3) is 28.1 Å². The molecule has 0 saturated heterocycles. The van der Waals surface area contributed by atoms with Gasteiger partial charge in [0.05, 0.1) is 34.3 Å². The molecule has 1 saturated carbocycles. The lowest BCUT2D eigenvalue weighted by Crippen LogP contribution is -2.14. The summed E-state index contributed by atoms with van der Waals surface area (Å²) in [6, 6.07) is 8.90. The molecule has 9 nitrogen and oxygen atoms in total. The Labute approximate surface area is 205 Å². The molecule has 1 atom stereocenters. The molecule has 0 spiro atoms. The Hall–Kier alpha value is -3.92. The molecule has 6 rings (SSSR count). The van der Waals surface area contributed by atoms with Crippen molar-refractivity contribution in [2.75, 3.05) is 0 Å². The molecule has 4 aromatic heterocycles. The second-order valence-corrected chi connectivity index (χ2v) is 9.13. The first-order valence-electron chi connectivity index (χ1n) is 11.3. The minimum atomic E-state index is -0.545. The highest BCUT2D eigenvalue weighted by Crippen LogP contribution is 2.40. The summed E-state index contributed by atoms with van der Waals surface area (Å²) in [4.78, 5) is 4.75. The Morgan fingerprint density at radius 2 is 1.97 bits per heavy atom. The number of hydrogen-bond donors (Lipinski definition) is 0. The number of aryl methyl sites for hydroxylation is 1. The topological polar surface area (TPSA) is 92.1 Å². The van der Waals surface area contributed by atoms with Crippen LogP contribution in [-0.2, 0) is 7.05 Å². The van der Waals surface area contributed by atoms with Crippen LogP contribution in [0.1, 0.15) is 31.0 Å². The minimum absolute atomic E-state index is 0.0201. The van der Waals surface area contributed by atoms with E-state index in [1.807, 2.05) is 47.0 Å². The number of aromatic nitrogens is 9. The largest absolute Gasteiger partial charge is 0.268 e. The van der Waals surface area contributed by atoms with Crippen LogP contribution in [0.2, 0.25) is 5.02 Å². The van der Waals surface area contributed by atoms with Gasteiger partial charge in [-0.15, -0.1) is 5.10 Å². The maximum atomic E-state index is 15.2. The zero-order valence-electron chi connectivity index (χ0n) is 18.8. The van der Waals surface area contributed by atoms with Gasteiger partial charge in [0.2, 0.25) is 0 Å². The van der Waals surface area contributed by atoms with Gasteiger partial charge < -0.3 is 0 Å². The zero-order valence-corrected chi connectivity index (χ0v) is 19.6. The highest BCUT2D eigenvalue weighted by Gasteiger charge is 2.29. The van der Waals surface area contributed by atoms with Crippen molar-refractivity contribution in [1.82, 2.24) is 44.8 Å². The van der Waals surface area contributed by atoms with Gasteiger partial charge >= 0.3 is 0 Å². The Kier molecular flexibility index (Phi) is 5.37. The zero-order chi connectivity index (χ0) is 23.9. The molecular formula is C24H21ClFN9. The summed E-state index contributed by atoms with van der Waals surface area (Å²) in [6.07, 6.45) is 12.1. The predicted octanol–water partition coefficient (Wildman–Crippen LogP) is 4.50. The van der Waals surface area contributed by atoms with Crippen molar-refractivity contribution in [2.45, 2.75) is 25.3 Å². The SMILES string of the molecule is Cn1nccc1-c1cnn(C(CC2CC2)c2ccc(-c3c(-n4cnnn4)ccc(Cl)c3F)cn2)c1. The standard InChI is InChI=1S/C24H21ClFN9/c1-33-20(8-9-29-33)17-12-30-34(13-17)22(10-15-2-3-15)19-6-4-16(11-27-19)23-21(35-14-28-31-32-35)7-5-18(25)24(23)26/h4-9,11-15,22H,2-3,10H2,1H3. The minimum Gasteiger partial charge on any atom is -0.268 e. The molecule has 1 aliphatic carbocycles. The first kappa shape index (κ1) is 21.6. The molecule has 0 N–H and O–H groups in total. The third kappa shape index (κ3) is 4.10. The third-order valence-electron chi connectivity index (χ3n) is 6.38. The summed E-state index contributed by atoms with van der Waals surface area (Å²) in [5, 5.41) is 20.2. The van der Waals surface area contributed by atoms with E-state index in [-0.39, 0.29) is 11.1 Å². The molecule has 176 valence electrons. The lowest BCUT2D eigenvalue weighted by molar-refractivity contribution is 0.455. The number of pyridine rings is 1. The van der Waals surface area contributed by atoms with E-state index < -0.39 is 5.82 Å². The van der Waals surface area contributed by atoms with E-state index in [9.17, 15) is 0 Å². The Bertz CT molecular complexity index is 1470. The van der Waals surface area contributed by atoms with Gasteiger partial charge in [-0.05, 0) is 47.0 Å². The fourth-order valence-corrected chi connectivity index (χ4v) is 4.52. The molecule has 0 bridgehead atoms. The van der Waals surface area contributed by atoms with Crippen LogP contribution in [0.3, 0.4) is 0 Å². The van der Waals surface area contributed by atoms with E-state index in [0.29, 0.717) is 22.7 Å². The molecule has 1 aliphatic rings. The van der Waals surface area contributed by atoms with Crippen LogP contribution in [-0.4, -0.2) is 44.8 Å². The van der Waals surface area contributed by atoms with Crippen molar-refractivity contribution in [1.29, 1.82) is 0 Å². The number of benzene rings is 1. The van der Waals surface area contributed by atoms with E-state index >= 15 is 4.39 Å². The van der Waals surface area contributed by atoms with Crippen LogP contribution in [0.5, 0.6) is 0 Å². The van der Waals surface area contributed by atoms with Crippen LogP contribution in [0.15, 0.2) is 61.4 Å². The molecule has 0 radical (unpaired) electrons. The van der Waals surface area contributed by atoms with Crippen LogP contribution < -0.4 is 0 Å². The summed E-state index contributed by atoms with van der Waals surface area (Å²) in [5.74, 6) is 0.110. The van der Waals surface area contributed by atoms with Gasteiger partial charge in [0.25, 0.3) is 0 Å². The van der Waals surface area contributed by atoms with Crippen LogP contribution in [0.4, 0.5) is 4.39 Å². The number of halogens is 2. The molecule has 1 fully saturated rings. The van der Waals surface area contributed by atoms with E-state index in [1.54, 1.807) is 18.5 Å². The summed E-state index contributed by atoms with van der Waals surface area (Å²) in [6.45, 7) is 0. The average Bonchev–Trinajstić information content (AvgIpc) is 3.25. The van der Waals surface area contributed by atoms with E-state index in [0.717, 1.165) is 23.4 Å². The first-order chi connectivity index (χ1) is 17.1. The van der Waals surface area contributed by atoms with Gasteiger partial charge in [0.1, 0.15) is 6.33 Å². The van der Waals surface area contributed by atoms with Gasteiger partial charge in [-0.3, -0.25) is 14.3 Å². The number of rotatable bonds is 7. The summed E-state index contributed by atoms with van der Waals surface area (Å²) in [7, 11) is 1.91. The molecular weight excluding hydrogens is 469 g/mol. The molecule has 0 amide bonds. The highest BCUT2D eigenvalue weighted by atomic mass is 35.5. The van der Waals surface area contributed by atoms with Gasteiger partial charge in [-0.1, -0.05) is 30.5 Å². The maximum Gasteiger partial charge on any atom is 0.151 e. The van der Waals surface area contributed by atoms with Crippen molar-refractivity contribution in [3.63, 3.8) is 0 Å². The van der Waals surface area contributed by atoms with Gasteiger partial charge in [0, 0.05) is 42.3 Å². The van der Waals surface area contributed by atoms with Crippen molar-refractivity contribution < 1.29 is 4.39 Å². The summed E-state index contributed by atoms with van der Waals surface area (Å²) >= 11 is 6.10. The van der Waals surface area contributed by atoms with Crippen LogP contribution in [0, 0.1) is 11.7 Å². The quantitative estimate of drug-likeness (QED) is 0.334. The Morgan fingerprint density at radius 1 is 1.09 bits per heavy atom. The fraction of sp³-hybridized carbons (Fsp3) is 0.250. The normalized spacial score (nSPS) is 14.4. The van der Waals surface area contributed by atoms with Crippen molar-refractivity contribution in [3.05, 3.63) is 78.0 Å². The molecule has 4 heterocycles. The second kappa shape index (κ2) is 8.70. The number of hydrogen-bond acceptors (Lipinski definition) is 6. The Morgan fingerprint density at radius 3 is 2.66 bits per heavy atom. The van der Waals surface area contributed by atoms with Gasteiger partial charge in [0.15, 0.2) is 5.82 Å². The van der Waals surface area contributed by atoms with E-state index in [1.165, 1.54) is 29.9 Å². The van der Waals surface area contributed by atoms with Gasteiger partial charge in [-0.25, -0.2) is 4.39 Å². The lowest BCUT2D eigenvalue weighted by Gasteiger charge is -2.18. The molecule has 5 aromatic rings. The fourth-order valence-electron chi connectivity index (χ4n) is 4.36. The van der Waals surface area contributed by atoms with Gasteiger partial charge in [-0.2, -0.15) is 14.9 Å². The first-order valence-corrected chi connectivity index (χ1v) is 11.7. The van der Waals surface area contributed by atoms with E-state index in [4.69, 9.17) is 16.6 Å². The van der Waals surface area contributed by atoms with Crippen LogP contribution >= 0.6 is 11.6 Å². The molecule has 1 unspecified atom stereocenters. The second-order valence-electron chi connectivity index (χ2n) is 8.73. The molecule has 11 heteroatoms. The smallest absolute Gasteiger partial charge is 0.151 e. The van der Waals surface area contributed by atoms with E-state index in [2.05, 4.69) is 25.7 Å². The molecule has 35 heavy (non-hydrogen) atoms. The summed E-state index contributed by atoms with van der Waals surface area (Å²) < 4.78 is 20.3. The maximum absolute atomic E-state index is 15.2. The number of tetrazole rings is 1. The predicted molar refractivity (Wildman–Crippen MR) is 127 cm³/mol.